The molecule has 0 fully saturated rings. The van der Waals surface area contributed by atoms with E-state index in [1.807, 2.05) is 13.0 Å². The first-order valence-corrected chi connectivity index (χ1v) is 5.13. The Kier molecular flexibility index (Phi) is 2.64. The highest BCUT2D eigenvalue weighted by atomic mass is 79.9. The van der Waals surface area contributed by atoms with E-state index >= 15 is 0 Å². The summed E-state index contributed by atoms with van der Waals surface area (Å²) in [5.74, 6) is 0.313. The molecule has 0 unspecified atom stereocenters. The fourth-order valence-electron chi connectivity index (χ4n) is 1.34. The van der Waals surface area contributed by atoms with Gasteiger partial charge < -0.3 is 4.98 Å². The molecule has 4 nitrogen and oxygen atoms in total. The zero-order valence-corrected chi connectivity index (χ0v) is 9.58. The largest absolute Gasteiger partial charge is 0.330 e. The lowest BCUT2D eigenvalue weighted by atomic mass is 10.1. The third kappa shape index (κ3) is 1.83. The van der Waals surface area contributed by atoms with Gasteiger partial charge in [-0.05, 0) is 34.5 Å². The van der Waals surface area contributed by atoms with Crippen molar-refractivity contribution in [3.8, 4) is 11.3 Å². The topological polar surface area (TPSA) is 58.6 Å². The number of hydrogen-bond donors (Lipinski definition) is 1. The van der Waals surface area contributed by atoms with E-state index in [0.29, 0.717) is 16.7 Å². The molecule has 0 saturated heterocycles. The standard InChI is InChI=1S/C10H8BrN3O/c1-6-4-12-3-2-7(6)9-10(11)14-8(5-15)13-9/h2-5H,1H3,(H,13,14). The van der Waals surface area contributed by atoms with Gasteiger partial charge in [0.05, 0.1) is 0 Å². The molecule has 0 atom stereocenters. The number of pyridine rings is 1. The number of aldehydes is 1. The predicted molar refractivity (Wildman–Crippen MR) is 59.6 cm³/mol. The van der Waals surface area contributed by atoms with E-state index in [1.165, 1.54) is 0 Å². The fraction of sp³-hybridized carbons (Fsp3) is 0.100. The molecule has 5 heteroatoms. The number of rotatable bonds is 2. The van der Waals surface area contributed by atoms with E-state index in [2.05, 4.69) is 30.9 Å². The summed E-state index contributed by atoms with van der Waals surface area (Å²) in [6.45, 7) is 1.95. The van der Waals surface area contributed by atoms with Crippen molar-refractivity contribution in [3.05, 3.63) is 34.5 Å². The van der Waals surface area contributed by atoms with E-state index in [9.17, 15) is 4.79 Å². The Morgan fingerprint density at radius 2 is 2.33 bits per heavy atom. The second-order valence-electron chi connectivity index (χ2n) is 3.09. The van der Waals surface area contributed by atoms with Crippen molar-refractivity contribution in [2.75, 3.05) is 0 Å². The smallest absolute Gasteiger partial charge is 0.185 e. The number of aryl methyl sites for hydroxylation is 1. The Balaban J connectivity index is 2.58. The van der Waals surface area contributed by atoms with Gasteiger partial charge in [0.15, 0.2) is 12.1 Å². The molecule has 1 N–H and O–H groups in total. The van der Waals surface area contributed by atoms with Crippen LogP contribution in [0.25, 0.3) is 11.3 Å². The van der Waals surface area contributed by atoms with Crippen LogP contribution < -0.4 is 0 Å². The quantitative estimate of drug-likeness (QED) is 0.849. The van der Waals surface area contributed by atoms with Crippen LogP contribution in [0.5, 0.6) is 0 Å². The lowest BCUT2D eigenvalue weighted by molar-refractivity contribution is 0.111. The molecule has 0 bridgehead atoms. The second kappa shape index (κ2) is 3.94. The maximum atomic E-state index is 10.6. The molecule has 2 rings (SSSR count). The summed E-state index contributed by atoms with van der Waals surface area (Å²) in [6.07, 6.45) is 4.14. The van der Waals surface area contributed by atoms with Gasteiger partial charge in [0.1, 0.15) is 10.3 Å². The van der Waals surface area contributed by atoms with Crippen LogP contribution in [0.15, 0.2) is 23.1 Å². The number of aromatic amines is 1. The molecule has 15 heavy (non-hydrogen) atoms. The molecule has 0 saturated carbocycles. The lowest BCUT2D eigenvalue weighted by Gasteiger charge is -2.00. The summed E-state index contributed by atoms with van der Waals surface area (Å²) in [4.78, 5) is 21.6. The molecular weight excluding hydrogens is 258 g/mol. The maximum Gasteiger partial charge on any atom is 0.185 e. The van der Waals surface area contributed by atoms with E-state index in [-0.39, 0.29) is 0 Å². The SMILES string of the molecule is Cc1cnccc1-c1nc(C=O)[nH]c1Br. The van der Waals surface area contributed by atoms with Gasteiger partial charge in [0, 0.05) is 18.0 Å². The summed E-state index contributed by atoms with van der Waals surface area (Å²) in [5, 5.41) is 0. The third-order valence-electron chi connectivity index (χ3n) is 2.07. The van der Waals surface area contributed by atoms with Crippen molar-refractivity contribution < 1.29 is 4.79 Å². The van der Waals surface area contributed by atoms with Gasteiger partial charge >= 0.3 is 0 Å². The van der Waals surface area contributed by atoms with Crippen molar-refractivity contribution in [1.82, 2.24) is 15.0 Å². The van der Waals surface area contributed by atoms with Crippen LogP contribution in [0.1, 0.15) is 16.2 Å². The molecule has 2 aromatic heterocycles. The predicted octanol–water partition coefficient (Wildman–Crippen LogP) is 2.36. The van der Waals surface area contributed by atoms with Crippen molar-refractivity contribution in [2.24, 2.45) is 0 Å². The Hall–Kier alpha value is -1.49. The van der Waals surface area contributed by atoms with Gasteiger partial charge in [0.2, 0.25) is 0 Å². The van der Waals surface area contributed by atoms with E-state index < -0.39 is 0 Å². The highest BCUT2D eigenvalue weighted by Crippen LogP contribution is 2.27. The van der Waals surface area contributed by atoms with Gasteiger partial charge in [-0.25, -0.2) is 4.98 Å². The van der Waals surface area contributed by atoms with Crippen LogP contribution in [-0.2, 0) is 0 Å². The Morgan fingerprint density at radius 1 is 1.53 bits per heavy atom. The van der Waals surface area contributed by atoms with E-state index in [4.69, 9.17) is 0 Å². The summed E-state index contributed by atoms with van der Waals surface area (Å²) in [5.41, 5.74) is 2.71. The molecule has 2 aromatic rings. The summed E-state index contributed by atoms with van der Waals surface area (Å²) < 4.78 is 0.707. The minimum Gasteiger partial charge on any atom is -0.330 e. The Labute approximate surface area is 94.9 Å². The molecule has 0 amide bonds. The number of aromatic nitrogens is 3. The van der Waals surface area contributed by atoms with Crippen LogP contribution in [0.3, 0.4) is 0 Å². The number of carbonyl (C=O) groups excluding carboxylic acids is 1. The normalized spacial score (nSPS) is 10.3. The van der Waals surface area contributed by atoms with Crippen molar-refractivity contribution in [2.45, 2.75) is 6.92 Å². The van der Waals surface area contributed by atoms with Gasteiger partial charge in [-0.3, -0.25) is 9.78 Å². The molecule has 2 heterocycles. The lowest BCUT2D eigenvalue weighted by Crippen LogP contribution is -1.86. The second-order valence-corrected chi connectivity index (χ2v) is 3.89. The van der Waals surface area contributed by atoms with Crippen LogP contribution in [0.4, 0.5) is 0 Å². The average molecular weight is 266 g/mol. The highest BCUT2D eigenvalue weighted by Gasteiger charge is 2.11. The molecule has 0 aliphatic heterocycles. The van der Waals surface area contributed by atoms with Crippen molar-refractivity contribution in [3.63, 3.8) is 0 Å². The number of halogens is 1. The molecule has 0 radical (unpaired) electrons. The van der Waals surface area contributed by atoms with Crippen molar-refractivity contribution >= 4 is 22.2 Å². The van der Waals surface area contributed by atoms with Crippen LogP contribution in [-0.4, -0.2) is 21.2 Å². The van der Waals surface area contributed by atoms with Crippen LogP contribution in [0, 0.1) is 6.92 Å². The third-order valence-corrected chi connectivity index (χ3v) is 2.64. The number of H-pyrrole nitrogens is 1. The summed E-state index contributed by atoms with van der Waals surface area (Å²) in [6, 6.07) is 1.87. The number of nitrogens with one attached hydrogen (secondary N) is 1. The van der Waals surface area contributed by atoms with Crippen molar-refractivity contribution in [1.29, 1.82) is 0 Å². The molecule has 0 aliphatic carbocycles. The first-order chi connectivity index (χ1) is 7.22. The van der Waals surface area contributed by atoms with Gasteiger partial charge in [-0.15, -0.1) is 0 Å². The fourth-order valence-corrected chi connectivity index (χ4v) is 1.85. The molecule has 0 spiro atoms. The summed E-state index contributed by atoms with van der Waals surface area (Å²) >= 11 is 3.33. The zero-order chi connectivity index (χ0) is 10.8. The minimum absolute atomic E-state index is 0.313. The molecule has 0 aliphatic rings. The molecular formula is C10H8BrN3O. The summed E-state index contributed by atoms with van der Waals surface area (Å²) in [7, 11) is 0. The average Bonchev–Trinajstić information content (AvgIpc) is 2.60. The first-order valence-electron chi connectivity index (χ1n) is 4.34. The minimum atomic E-state index is 0.313. The highest BCUT2D eigenvalue weighted by molar-refractivity contribution is 9.10. The number of imidazole rings is 1. The van der Waals surface area contributed by atoms with Crippen LogP contribution in [0.2, 0.25) is 0 Å². The Morgan fingerprint density at radius 3 is 2.93 bits per heavy atom. The van der Waals surface area contributed by atoms with Crippen LogP contribution >= 0.6 is 15.9 Å². The zero-order valence-electron chi connectivity index (χ0n) is 7.99. The number of carbonyl (C=O) groups is 1. The number of nitrogens with zero attached hydrogens (tertiary/aromatic N) is 2. The van der Waals surface area contributed by atoms with E-state index in [1.54, 1.807) is 12.4 Å². The van der Waals surface area contributed by atoms with Gasteiger partial charge in [0.25, 0.3) is 0 Å². The van der Waals surface area contributed by atoms with Gasteiger partial charge in [-0.2, -0.15) is 0 Å². The molecule has 76 valence electrons. The maximum absolute atomic E-state index is 10.6. The molecule has 0 aromatic carbocycles. The number of hydrogen-bond acceptors (Lipinski definition) is 3. The van der Waals surface area contributed by atoms with E-state index in [0.717, 1.165) is 16.8 Å². The monoisotopic (exact) mass is 265 g/mol. The van der Waals surface area contributed by atoms with Gasteiger partial charge in [-0.1, -0.05) is 0 Å². The first kappa shape index (κ1) is 10.0. The Bertz CT molecular complexity index is 507.